The molecule has 2 aliphatic carbocycles. The van der Waals surface area contributed by atoms with Gasteiger partial charge in [-0.05, 0) is 24.7 Å². The molecule has 0 heterocycles. The van der Waals surface area contributed by atoms with Crippen molar-refractivity contribution in [1.82, 2.24) is 0 Å². The Hall–Kier alpha value is -0.0400. The van der Waals surface area contributed by atoms with E-state index in [0.29, 0.717) is 6.04 Å². The number of rotatable bonds is 1. The van der Waals surface area contributed by atoms with Crippen molar-refractivity contribution in [1.29, 1.82) is 0 Å². The van der Waals surface area contributed by atoms with Crippen LogP contribution in [0.15, 0.2) is 0 Å². The van der Waals surface area contributed by atoms with Crippen molar-refractivity contribution in [3.05, 3.63) is 0 Å². The molecule has 1 nitrogen and oxygen atoms in total. The molecule has 0 bridgehead atoms. The second-order valence-electron chi connectivity index (χ2n) is 4.30. The molecule has 2 rings (SSSR count). The first-order valence-electron chi connectivity index (χ1n) is 5.13. The summed E-state index contributed by atoms with van der Waals surface area (Å²) in [6, 6.07) is 0.550. The average Bonchev–Trinajstić information content (AvgIpc) is 1.90. The molecule has 11 heavy (non-hydrogen) atoms. The van der Waals surface area contributed by atoms with Gasteiger partial charge in [0.1, 0.15) is 0 Å². The Kier molecular flexibility index (Phi) is 2.17. The maximum Gasteiger partial charge on any atom is 0.00698 e. The van der Waals surface area contributed by atoms with E-state index in [4.69, 9.17) is 5.73 Å². The fourth-order valence-corrected chi connectivity index (χ4v) is 2.64. The van der Waals surface area contributed by atoms with Gasteiger partial charge in [-0.3, -0.25) is 0 Å². The van der Waals surface area contributed by atoms with Crippen LogP contribution in [0.2, 0.25) is 0 Å². The molecule has 0 unspecified atom stereocenters. The van der Waals surface area contributed by atoms with Crippen molar-refractivity contribution < 1.29 is 0 Å². The lowest BCUT2D eigenvalue weighted by atomic mass is 9.68. The second-order valence-corrected chi connectivity index (χ2v) is 4.30. The molecule has 0 saturated heterocycles. The molecule has 2 N–H and O–H groups in total. The zero-order valence-corrected chi connectivity index (χ0v) is 7.26. The summed E-state index contributed by atoms with van der Waals surface area (Å²) in [5.74, 6) is 1.92. The van der Waals surface area contributed by atoms with Gasteiger partial charge in [0.25, 0.3) is 0 Å². The largest absolute Gasteiger partial charge is 0.327 e. The van der Waals surface area contributed by atoms with E-state index in [9.17, 15) is 0 Å². The zero-order chi connectivity index (χ0) is 7.68. The lowest BCUT2D eigenvalue weighted by molar-refractivity contribution is 0.140. The first-order valence-corrected chi connectivity index (χ1v) is 5.13. The molecule has 2 fully saturated rings. The first kappa shape index (κ1) is 7.60. The van der Waals surface area contributed by atoms with Gasteiger partial charge in [-0.1, -0.05) is 32.1 Å². The molecule has 0 aromatic heterocycles. The summed E-state index contributed by atoms with van der Waals surface area (Å²) < 4.78 is 0. The predicted molar refractivity (Wildman–Crippen MR) is 47.3 cm³/mol. The lowest BCUT2D eigenvalue weighted by Crippen LogP contribution is -2.39. The lowest BCUT2D eigenvalue weighted by Gasteiger charge is -2.39. The van der Waals surface area contributed by atoms with Crippen LogP contribution in [0.3, 0.4) is 0 Å². The molecule has 2 atom stereocenters. The number of hydrogen-bond donors (Lipinski definition) is 1. The van der Waals surface area contributed by atoms with Crippen LogP contribution in [0.25, 0.3) is 0 Å². The summed E-state index contributed by atoms with van der Waals surface area (Å²) >= 11 is 0. The molecule has 0 aromatic carbocycles. The molecule has 0 aromatic rings. The van der Waals surface area contributed by atoms with Crippen LogP contribution in [-0.2, 0) is 0 Å². The highest BCUT2D eigenvalue weighted by Crippen LogP contribution is 2.40. The predicted octanol–water partition coefficient (Wildman–Crippen LogP) is 2.30. The quantitative estimate of drug-likeness (QED) is 0.614. The van der Waals surface area contributed by atoms with Crippen molar-refractivity contribution in [2.75, 3.05) is 0 Å². The zero-order valence-electron chi connectivity index (χ0n) is 7.26. The molecule has 2 aliphatic rings. The van der Waals surface area contributed by atoms with E-state index < -0.39 is 0 Å². The van der Waals surface area contributed by atoms with Crippen LogP contribution >= 0.6 is 0 Å². The Morgan fingerprint density at radius 3 is 2.09 bits per heavy atom. The van der Waals surface area contributed by atoms with E-state index in [1.54, 1.807) is 0 Å². The van der Waals surface area contributed by atoms with E-state index in [-0.39, 0.29) is 0 Å². The third-order valence-corrected chi connectivity index (χ3v) is 3.63. The summed E-state index contributed by atoms with van der Waals surface area (Å²) in [6.45, 7) is 0. The fraction of sp³-hybridized carbons (Fsp3) is 1.00. The third kappa shape index (κ3) is 1.44. The summed E-state index contributed by atoms with van der Waals surface area (Å²) in [4.78, 5) is 0. The topological polar surface area (TPSA) is 26.0 Å². The van der Waals surface area contributed by atoms with Crippen LogP contribution in [0.1, 0.15) is 44.9 Å². The molecular formula is C10H19N. The minimum Gasteiger partial charge on any atom is -0.327 e. The minimum atomic E-state index is 0.550. The maximum absolute atomic E-state index is 6.09. The summed E-state index contributed by atoms with van der Waals surface area (Å²) in [7, 11) is 0. The molecule has 2 saturated carbocycles. The van der Waals surface area contributed by atoms with Gasteiger partial charge in [0.2, 0.25) is 0 Å². The van der Waals surface area contributed by atoms with Gasteiger partial charge in [0.15, 0.2) is 0 Å². The number of nitrogens with two attached hydrogens (primary N) is 1. The van der Waals surface area contributed by atoms with Crippen molar-refractivity contribution in [2.24, 2.45) is 17.6 Å². The van der Waals surface area contributed by atoms with E-state index in [1.807, 2.05) is 0 Å². The van der Waals surface area contributed by atoms with Crippen molar-refractivity contribution in [3.63, 3.8) is 0 Å². The van der Waals surface area contributed by atoms with E-state index >= 15 is 0 Å². The maximum atomic E-state index is 6.09. The molecular weight excluding hydrogens is 134 g/mol. The highest BCUT2D eigenvalue weighted by Gasteiger charge is 2.32. The second kappa shape index (κ2) is 3.14. The Bertz CT molecular complexity index is 127. The first-order chi connectivity index (χ1) is 5.38. The Morgan fingerprint density at radius 1 is 0.818 bits per heavy atom. The van der Waals surface area contributed by atoms with Crippen LogP contribution in [0.4, 0.5) is 0 Å². The molecule has 0 amide bonds. The summed E-state index contributed by atoms with van der Waals surface area (Å²) in [5.41, 5.74) is 6.09. The standard InChI is InChI=1S/C10H19N/c11-10-7-2-1-6-9(10)8-4-3-5-8/h8-10H,1-7,11H2/t9-,10+/m1/s1. The highest BCUT2D eigenvalue weighted by atomic mass is 14.7. The van der Waals surface area contributed by atoms with Crippen LogP contribution in [-0.4, -0.2) is 6.04 Å². The third-order valence-electron chi connectivity index (χ3n) is 3.63. The Labute approximate surface area is 69.4 Å². The van der Waals surface area contributed by atoms with Crippen molar-refractivity contribution >= 4 is 0 Å². The van der Waals surface area contributed by atoms with Gasteiger partial charge in [-0.15, -0.1) is 0 Å². The summed E-state index contributed by atoms with van der Waals surface area (Å²) in [6.07, 6.45) is 9.94. The molecule has 64 valence electrons. The Balaban J connectivity index is 1.88. The van der Waals surface area contributed by atoms with E-state index in [0.717, 1.165) is 11.8 Å². The van der Waals surface area contributed by atoms with Gasteiger partial charge in [0, 0.05) is 6.04 Å². The molecule has 0 spiro atoms. The summed E-state index contributed by atoms with van der Waals surface area (Å²) in [5, 5.41) is 0. The minimum absolute atomic E-state index is 0.550. The highest BCUT2D eigenvalue weighted by molar-refractivity contribution is 4.86. The molecule has 0 aliphatic heterocycles. The molecule has 1 heteroatoms. The van der Waals surface area contributed by atoms with Gasteiger partial charge in [-0.25, -0.2) is 0 Å². The number of hydrogen-bond acceptors (Lipinski definition) is 1. The van der Waals surface area contributed by atoms with Gasteiger partial charge >= 0.3 is 0 Å². The Morgan fingerprint density at radius 2 is 1.55 bits per heavy atom. The van der Waals surface area contributed by atoms with Crippen molar-refractivity contribution in [2.45, 2.75) is 51.0 Å². The monoisotopic (exact) mass is 153 g/mol. The molecule has 0 radical (unpaired) electrons. The SMILES string of the molecule is N[C@H]1CCCC[C@@H]1C1CCC1. The van der Waals surface area contributed by atoms with E-state index in [2.05, 4.69) is 0 Å². The smallest absolute Gasteiger partial charge is 0.00698 e. The van der Waals surface area contributed by atoms with Gasteiger partial charge in [0.05, 0.1) is 0 Å². The average molecular weight is 153 g/mol. The van der Waals surface area contributed by atoms with Crippen LogP contribution in [0, 0.1) is 11.8 Å². The van der Waals surface area contributed by atoms with Crippen molar-refractivity contribution in [3.8, 4) is 0 Å². The fourth-order valence-electron chi connectivity index (χ4n) is 2.64. The normalized spacial score (nSPS) is 40.1. The van der Waals surface area contributed by atoms with Gasteiger partial charge in [-0.2, -0.15) is 0 Å². The van der Waals surface area contributed by atoms with E-state index in [1.165, 1.54) is 44.9 Å². The van der Waals surface area contributed by atoms with Gasteiger partial charge < -0.3 is 5.73 Å². The van der Waals surface area contributed by atoms with Crippen LogP contribution < -0.4 is 5.73 Å². The van der Waals surface area contributed by atoms with Crippen LogP contribution in [0.5, 0.6) is 0 Å².